The Balaban J connectivity index is 1.95. The van der Waals surface area contributed by atoms with Crippen molar-refractivity contribution < 1.29 is 5.11 Å². The van der Waals surface area contributed by atoms with Crippen molar-refractivity contribution >= 4 is 11.3 Å². The van der Waals surface area contributed by atoms with Crippen LogP contribution < -0.4 is 0 Å². The summed E-state index contributed by atoms with van der Waals surface area (Å²) in [6.45, 7) is 2.59. The number of hydrogen-bond acceptors (Lipinski definition) is 4. The Morgan fingerprint density at radius 3 is 3.14 bits per heavy atom. The van der Waals surface area contributed by atoms with E-state index in [1.165, 1.54) is 4.88 Å². The van der Waals surface area contributed by atoms with Crippen molar-refractivity contribution in [2.45, 2.75) is 19.1 Å². The van der Waals surface area contributed by atoms with Crippen LogP contribution in [0.1, 0.15) is 16.9 Å². The molecular weight excluding hydrogens is 196 g/mol. The number of thiophene rings is 1. The minimum absolute atomic E-state index is 0.162. The molecule has 1 aliphatic rings. The highest BCUT2D eigenvalue weighted by Gasteiger charge is 2.20. The van der Waals surface area contributed by atoms with Crippen LogP contribution >= 0.6 is 11.3 Å². The van der Waals surface area contributed by atoms with E-state index in [0.717, 1.165) is 31.6 Å². The van der Waals surface area contributed by atoms with Gasteiger partial charge in [-0.1, -0.05) is 0 Å². The second-order valence-electron chi connectivity index (χ2n) is 3.59. The smallest absolute Gasteiger partial charge is 0.100 e. The van der Waals surface area contributed by atoms with Gasteiger partial charge in [0.2, 0.25) is 0 Å². The summed E-state index contributed by atoms with van der Waals surface area (Å²) in [6.07, 6.45) is 0.710. The van der Waals surface area contributed by atoms with E-state index in [9.17, 15) is 5.11 Å². The van der Waals surface area contributed by atoms with E-state index < -0.39 is 0 Å². The fourth-order valence-electron chi connectivity index (χ4n) is 1.70. The van der Waals surface area contributed by atoms with Gasteiger partial charge in [-0.3, -0.25) is 4.90 Å². The van der Waals surface area contributed by atoms with E-state index >= 15 is 0 Å². The molecule has 1 aromatic heterocycles. The molecule has 1 aliphatic heterocycles. The third-order valence-corrected chi connectivity index (χ3v) is 3.33. The van der Waals surface area contributed by atoms with Gasteiger partial charge in [0.05, 0.1) is 11.7 Å². The van der Waals surface area contributed by atoms with Gasteiger partial charge < -0.3 is 5.11 Å². The number of nitrogens with zero attached hydrogens (tertiary/aromatic N) is 2. The van der Waals surface area contributed by atoms with Crippen molar-refractivity contribution in [1.82, 2.24) is 4.90 Å². The summed E-state index contributed by atoms with van der Waals surface area (Å²) >= 11 is 1.62. The molecule has 0 saturated carbocycles. The first-order valence-electron chi connectivity index (χ1n) is 4.66. The largest absolute Gasteiger partial charge is 0.392 e. The van der Waals surface area contributed by atoms with Crippen LogP contribution in [0.5, 0.6) is 0 Å². The van der Waals surface area contributed by atoms with Crippen molar-refractivity contribution in [3.05, 3.63) is 21.9 Å². The molecule has 1 N–H and O–H groups in total. The highest BCUT2D eigenvalue weighted by Crippen LogP contribution is 2.19. The molecule has 74 valence electrons. The maximum Gasteiger partial charge on any atom is 0.100 e. The van der Waals surface area contributed by atoms with E-state index in [4.69, 9.17) is 5.26 Å². The minimum atomic E-state index is -0.162. The van der Waals surface area contributed by atoms with Gasteiger partial charge >= 0.3 is 0 Å². The van der Waals surface area contributed by atoms with Crippen molar-refractivity contribution in [2.24, 2.45) is 0 Å². The summed E-state index contributed by atoms with van der Waals surface area (Å²) in [5.74, 6) is 0. The SMILES string of the molecule is N#Cc1csc(CN2CC[C@@H](O)C2)c1. The van der Waals surface area contributed by atoms with Gasteiger partial charge in [0.1, 0.15) is 6.07 Å². The topological polar surface area (TPSA) is 47.3 Å². The predicted molar refractivity (Wildman–Crippen MR) is 54.9 cm³/mol. The van der Waals surface area contributed by atoms with Gasteiger partial charge in [-0.2, -0.15) is 5.26 Å². The predicted octanol–water partition coefficient (Wildman–Crippen LogP) is 1.19. The molecule has 1 atom stereocenters. The molecule has 14 heavy (non-hydrogen) atoms. The Morgan fingerprint density at radius 1 is 1.71 bits per heavy atom. The molecule has 1 fully saturated rings. The molecule has 0 amide bonds. The molecule has 0 unspecified atom stereocenters. The first-order valence-corrected chi connectivity index (χ1v) is 5.54. The third kappa shape index (κ3) is 2.13. The van der Waals surface area contributed by atoms with E-state index in [1.807, 2.05) is 11.4 Å². The van der Waals surface area contributed by atoms with Gasteiger partial charge in [0, 0.05) is 29.9 Å². The molecule has 0 radical (unpaired) electrons. The first-order chi connectivity index (χ1) is 6.78. The van der Waals surface area contributed by atoms with Gasteiger partial charge in [0.25, 0.3) is 0 Å². The number of rotatable bonds is 2. The summed E-state index contributed by atoms with van der Waals surface area (Å²) in [7, 11) is 0. The Labute approximate surface area is 87.2 Å². The molecule has 0 spiro atoms. The summed E-state index contributed by atoms with van der Waals surface area (Å²) in [5.41, 5.74) is 0.741. The second-order valence-corrected chi connectivity index (χ2v) is 4.59. The number of hydrogen-bond donors (Lipinski definition) is 1. The molecular formula is C10H12N2OS. The van der Waals surface area contributed by atoms with Crippen molar-refractivity contribution in [3.8, 4) is 6.07 Å². The molecule has 1 saturated heterocycles. The van der Waals surface area contributed by atoms with Crippen LogP contribution in [-0.2, 0) is 6.54 Å². The first kappa shape index (κ1) is 9.66. The molecule has 2 heterocycles. The van der Waals surface area contributed by atoms with Crippen molar-refractivity contribution in [1.29, 1.82) is 5.26 Å². The van der Waals surface area contributed by atoms with Crippen LogP contribution in [0.3, 0.4) is 0 Å². The van der Waals surface area contributed by atoms with Gasteiger partial charge in [-0.15, -0.1) is 11.3 Å². The van der Waals surface area contributed by atoms with Crippen LogP contribution in [-0.4, -0.2) is 29.2 Å². The Kier molecular flexibility index (Phi) is 2.82. The van der Waals surface area contributed by atoms with Crippen LogP contribution in [0.4, 0.5) is 0 Å². The van der Waals surface area contributed by atoms with Gasteiger partial charge in [0.15, 0.2) is 0 Å². The molecule has 4 heteroatoms. The summed E-state index contributed by atoms with van der Waals surface area (Å²) in [4.78, 5) is 3.42. The normalized spacial score (nSPS) is 22.4. The molecule has 0 aliphatic carbocycles. The lowest BCUT2D eigenvalue weighted by atomic mass is 10.3. The number of aliphatic hydroxyl groups is 1. The average molecular weight is 208 g/mol. The summed E-state index contributed by atoms with van der Waals surface area (Å²) < 4.78 is 0. The third-order valence-electron chi connectivity index (χ3n) is 2.41. The van der Waals surface area contributed by atoms with E-state index in [-0.39, 0.29) is 6.10 Å². The molecule has 1 aromatic rings. The zero-order valence-electron chi connectivity index (χ0n) is 7.81. The molecule has 0 aromatic carbocycles. The lowest BCUT2D eigenvalue weighted by molar-refractivity contribution is 0.175. The fraction of sp³-hybridized carbons (Fsp3) is 0.500. The fourth-order valence-corrected chi connectivity index (χ4v) is 2.55. The summed E-state index contributed by atoms with van der Waals surface area (Å²) in [6, 6.07) is 4.05. The Bertz CT molecular complexity index is 355. The number of β-amino-alcohol motifs (C(OH)–C–C–N with tert-alkyl or cyclic N) is 1. The molecule has 3 nitrogen and oxygen atoms in total. The number of aliphatic hydroxyl groups excluding tert-OH is 1. The number of likely N-dealkylation sites (tertiary alicyclic amines) is 1. The van der Waals surface area contributed by atoms with Crippen LogP contribution in [0.15, 0.2) is 11.4 Å². The second kappa shape index (κ2) is 4.09. The van der Waals surface area contributed by atoms with E-state index in [1.54, 1.807) is 11.3 Å². The quantitative estimate of drug-likeness (QED) is 0.794. The molecule has 0 bridgehead atoms. The highest BCUT2D eigenvalue weighted by molar-refractivity contribution is 7.10. The average Bonchev–Trinajstić information content (AvgIpc) is 2.76. The van der Waals surface area contributed by atoms with E-state index in [2.05, 4.69) is 11.0 Å². The zero-order valence-corrected chi connectivity index (χ0v) is 8.63. The Hall–Kier alpha value is -0.890. The Morgan fingerprint density at radius 2 is 2.57 bits per heavy atom. The molecule has 2 rings (SSSR count). The minimum Gasteiger partial charge on any atom is -0.392 e. The standard InChI is InChI=1S/C10H12N2OS/c11-4-8-3-10(14-7-8)6-12-2-1-9(13)5-12/h3,7,9,13H,1-2,5-6H2/t9-/m1/s1. The van der Waals surface area contributed by atoms with Crippen molar-refractivity contribution in [2.75, 3.05) is 13.1 Å². The van der Waals surface area contributed by atoms with Crippen molar-refractivity contribution in [3.63, 3.8) is 0 Å². The summed E-state index contributed by atoms with van der Waals surface area (Å²) in [5, 5.41) is 19.9. The number of nitriles is 1. The maximum atomic E-state index is 9.34. The monoisotopic (exact) mass is 208 g/mol. The maximum absolute atomic E-state index is 9.34. The highest BCUT2D eigenvalue weighted by atomic mass is 32.1. The van der Waals surface area contributed by atoms with E-state index in [0.29, 0.717) is 0 Å². The lowest BCUT2D eigenvalue weighted by Crippen LogP contribution is -2.20. The van der Waals surface area contributed by atoms with Gasteiger partial charge in [-0.25, -0.2) is 0 Å². The van der Waals surface area contributed by atoms with Crippen LogP contribution in [0.2, 0.25) is 0 Å². The van der Waals surface area contributed by atoms with Crippen LogP contribution in [0, 0.1) is 11.3 Å². The van der Waals surface area contributed by atoms with Crippen LogP contribution in [0.25, 0.3) is 0 Å². The zero-order chi connectivity index (χ0) is 9.97. The lowest BCUT2D eigenvalue weighted by Gasteiger charge is -2.12. The van der Waals surface area contributed by atoms with Gasteiger partial charge in [-0.05, 0) is 12.5 Å².